The minimum Gasteiger partial charge on any atom is -0.494 e. The molecule has 3 aliphatic rings. The number of alkyl halides is 3. The zero-order valence-corrected chi connectivity index (χ0v) is 24.4. The van der Waals surface area contributed by atoms with Gasteiger partial charge < -0.3 is 19.6 Å². The number of hydrogen-bond donors (Lipinski definition) is 1. The minimum absolute atomic E-state index is 0.0148. The number of halogens is 4. The lowest BCUT2D eigenvalue weighted by Gasteiger charge is -2.38. The fourth-order valence-electron chi connectivity index (χ4n) is 6.77. The number of rotatable bonds is 9. The van der Waals surface area contributed by atoms with E-state index in [9.17, 15) is 27.9 Å². The normalized spacial score (nSPS) is 22.6. The van der Waals surface area contributed by atoms with Gasteiger partial charge in [-0.25, -0.2) is 0 Å². The molecule has 0 aromatic heterocycles. The van der Waals surface area contributed by atoms with Crippen LogP contribution in [0.25, 0.3) is 0 Å². The number of unbranched alkanes of at least 4 members (excludes halogenated alkanes) is 1. The van der Waals surface area contributed by atoms with E-state index in [1.54, 1.807) is 18.2 Å². The molecule has 3 fully saturated rings. The summed E-state index contributed by atoms with van der Waals surface area (Å²) in [5.41, 5.74) is -3.52. The molecule has 3 atom stereocenters. The van der Waals surface area contributed by atoms with Crippen molar-refractivity contribution in [3.8, 4) is 5.75 Å². The molecule has 10 heteroatoms. The Hall–Kier alpha value is -2.78. The third kappa shape index (κ3) is 6.57. The van der Waals surface area contributed by atoms with Crippen LogP contribution in [0.2, 0.25) is 5.02 Å². The topological polar surface area (TPSA) is 70.1 Å². The van der Waals surface area contributed by atoms with E-state index in [1.807, 2.05) is 4.90 Å². The Morgan fingerprint density at radius 3 is 2.21 bits per heavy atom. The van der Waals surface area contributed by atoms with Crippen molar-refractivity contribution in [1.29, 1.82) is 0 Å². The van der Waals surface area contributed by atoms with Gasteiger partial charge in [-0.05, 0) is 80.9 Å². The first kappa shape index (κ1) is 30.7. The van der Waals surface area contributed by atoms with Crippen molar-refractivity contribution in [3.63, 3.8) is 0 Å². The molecule has 5 rings (SSSR count). The molecule has 1 aliphatic carbocycles. The molecular weight excluding hydrogens is 569 g/mol. The van der Waals surface area contributed by atoms with Crippen LogP contribution in [0.5, 0.6) is 5.75 Å². The van der Waals surface area contributed by atoms with Gasteiger partial charge in [0.15, 0.2) is 0 Å². The smallest absolute Gasteiger partial charge is 0.430 e. The van der Waals surface area contributed by atoms with E-state index in [-0.39, 0.29) is 24.9 Å². The van der Waals surface area contributed by atoms with Crippen LogP contribution >= 0.6 is 11.6 Å². The van der Waals surface area contributed by atoms with E-state index in [4.69, 9.17) is 16.3 Å². The predicted molar refractivity (Wildman–Crippen MR) is 153 cm³/mol. The van der Waals surface area contributed by atoms with Crippen molar-refractivity contribution < 1.29 is 32.6 Å². The number of carbonyl (C=O) groups is 2. The quantitative estimate of drug-likeness (QED) is 0.333. The van der Waals surface area contributed by atoms with Gasteiger partial charge in [0.1, 0.15) is 5.75 Å². The van der Waals surface area contributed by atoms with E-state index in [0.29, 0.717) is 47.6 Å². The molecule has 1 N–H and O–H groups in total. The molecular formula is C32H38ClF3N2O4. The number of piperidine rings is 2. The number of nitrogens with zero attached hydrogens (tertiary/aromatic N) is 2. The maximum Gasteiger partial charge on any atom is 0.430 e. The Bertz CT molecular complexity index is 1240. The van der Waals surface area contributed by atoms with Gasteiger partial charge in [-0.2, -0.15) is 13.2 Å². The summed E-state index contributed by atoms with van der Waals surface area (Å²) in [5, 5.41) is 11.0. The highest BCUT2D eigenvalue weighted by atomic mass is 35.5. The van der Waals surface area contributed by atoms with E-state index < -0.39 is 23.2 Å². The molecule has 2 saturated heterocycles. The average molecular weight is 607 g/mol. The molecule has 2 heterocycles. The minimum atomic E-state index is -5.13. The van der Waals surface area contributed by atoms with Crippen LogP contribution in [0.4, 0.5) is 13.2 Å². The highest BCUT2D eigenvalue weighted by Gasteiger charge is 2.62. The Kier molecular flexibility index (Phi) is 9.38. The van der Waals surface area contributed by atoms with Crippen LogP contribution in [-0.2, 0) is 10.4 Å². The number of likely N-dealkylation sites (tertiary alicyclic amines) is 2. The molecule has 228 valence electrons. The van der Waals surface area contributed by atoms with Gasteiger partial charge in [-0.15, -0.1) is 0 Å². The third-order valence-corrected chi connectivity index (χ3v) is 9.47. The fourth-order valence-corrected chi connectivity index (χ4v) is 7.02. The second-order valence-corrected chi connectivity index (χ2v) is 12.5. The maximum atomic E-state index is 13.9. The Balaban J connectivity index is 1.04. The first-order chi connectivity index (χ1) is 20.1. The lowest BCUT2D eigenvalue weighted by atomic mass is 9.88. The van der Waals surface area contributed by atoms with Gasteiger partial charge in [0.05, 0.1) is 17.2 Å². The van der Waals surface area contributed by atoms with Gasteiger partial charge in [0, 0.05) is 31.7 Å². The highest BCUT2D eigenvalue weighted by molar-refractivity contribution is 6.34. The molecule has 1 unspecified atom stereocenters. The summed E-state index contributed by atoms with van der Waals surface area (Å²) in [6.07, 6.45) is 2.20. The molecule has 6 nitrogen and oxygen atoms in total. The van der Waals surface area contributed by atoms with Gasteiger partial charge in [0.2, 0.25) is 0 Å². The summed E-state index contributed by atoms with van der Waals surface area (Å²) in [5.74, 6) is 0.782. The van der Waals surface area contributed by atoms with Crippen LogP contribution in [0, 0.1) is 17.8 Å². The Morgan fingerprint density at radius 1 is 0.929 bits per heavy atom. The van der Waals surface area contributed by atoms with Crippen molar-refractivity contribution in [2.45, 2.75) is 63.1 Å². The summed E-state index contributed by atoms with van der Waals surface area (Å²) < 4.78 is 47.5. The van der Waals surface area contributed by atoms with E-state index in [0.717, 1.165) is 49.4 Å². The monoisotopic (exact) mass is 606 g/mol. The van der Waals surface area contributed by atoms with E-state index >= 15 is 0 Å². The maximum absolute atomic E-state index is 13.9. The molecule has 2 bridgehead atoms. The average Bonchev–Trinajstić information content (AvgIpc) is 3.33. The molecule has 2 aromatic carbocycles. The highest BCUT2D eigenvalue weighted by Crippen LogP contribution is 2.41. The SMILES string of the molecule is O=C(c1ccc(OCCCCC2CCN(C(=O)C(O)(c3ccccc3)C(F)(F)F)CC2)cc1Cl)N1C[C@@H]2CC[C@@H](C2)C1. The lowest BCUT2D eigenvalue weighted by Crippen LogP contribution is -2.57. The van der Waals surface area contributed by atoms with Crippen LogP contribution in [0.15, 0.2) is 48.5 Å². The van der Waals surface area contributed by atoms with Gasteiger partial charge in [-0.3, -0.25) is 9.59 Å². The number of fused-ring (bicyclic) bond motifs is 2. The molecule has 2 aromatic rings. The molecule has 0 radical (unpaired) electrons. The van der Waals surface area contributed by atoms with Gasteiger partial charge in [-0.1, -0.05) is 48.4 Å². The lowest BCUT2D eigenvalue weighted by molar-refractivity contribution is -0.262. The molecule has 1 saturated carbocycles. The zero-order chi connectivity index (χ0) is 29.9. The number of aliphatic hydroxyl groups is 1. The van der Waals surface area contributed by atoms with Crippen LogP contribution in [0.1, 0.15) is 67.3 Å². The fraction of sp³-hybridized carbons (Fsp3) is 0.562. The number of hydrogen-bond acceptors (Lipinski definition) is 4. The van der Waals surface area contributed by atoms with Crippen molar-refractivity contribution in [2.75, 3.05) is 32.8 Å². The van der Waals surface area contributed by atoms with Crippen LogP contribution in [0.3, 0.4) is 0 Å². The van der Waals surface area contributed by atoms with Crippen molar-refractivity contribution >= 4 is 23.4 Å². The molecule has 2 amide bonds. The number of amides is 2. The third-order valence-electron chi connectivity index (χ3n) is 9.15. The van der Waals surface area contributed by atoms with Crippen molar-refractivity contribution in [2.24, 2.45) is 17.8 Å². The van der Waals surface area contributed by atoms with Crippen molar-refractivity contribution in [1.82, 2.24) is 9.80 Å². The first-order valence-corrected chi connectivity index (χ1v) is 15.3. The van der Waals surface area contributed by atoms with Crippen LogP contribution < -0.4 is 4.74 Å². The van der Waals surface area contributed by atoms with E-state index in [1.165, 1.54) is 37.5 Å². The summed E-state index contributed by atoms with van der Waals surface area (Å²) in [4.78, 5) is 29.0. The number of benzene rings is 2. The zero-order valence-electron chi connectivity index (χ0n) is 23.6. The van der Waals surface area contributed by atoms with Crippen molar-refractivity contribution in [3.05, 3.63) is 64.7 Å². The van der Waals surface area contributed by atoms with E-state index in [2.05, 4.69) is 0 Å². The molecule has 42 heavy (non-hydrogen) atoms. The second-order valence-electron chi connectivity index (χ2n) is 12.1. The first-order valence-electron chi connectivity index (χ1n) is 14.9. The summed E-state index contributed by atoms with van der Waals surface area (Å²) in [7, 11) is 0. The number of carbonyl (C=O) groups excluding carboxylic acids is 2. The predicted octanol–water partition coefficient (Wildman–Crippen LogP) is 6.45. The van der Waals surface area contributed by atoms with Gasteiger partial charge >= 0.3 is 6.18 Å². The molecule has 2 aliphatic heterocycles. The largest absolute Gasteiger partial charge is 0.494 e. The van der Waals surface area contributed by atoms with Gasteiger partial charge in [0.25, 0.3) is 17.4 Å². The molecule has 0 spiro atoms. The standard InChI is InChI=1S/C32H38ClF3N2O4/c33-28-19-26(11-12-27(28)29(39)38-20-23-9-10-24(18-23)21-38)42-17-5-4-6-22-13-15-37(16-14-22)30(40)31(41,32(34,35)36)25-7-2-1-3-8-25/h1-3,7-8,11-12,19,22-24,41H,4-6,9-10,13-18,20-21H2/t23-,24+,31?. The second kappa shape index (κ2) is 12.8. The summed E-state index contributed by atoms with van der Waals surface area (Å²) in [6, 6.07) is 11.7. The van der Waals surface area contributed by atoms with Crippen LogP contribution in [-0.4, -0.2) is 65.7 Å². The summed E-state index contributed by atoms with van der Waals surface area (Å²) in [6.45, 7) is 2.44. The number of ether oxygens (including phenoxy) is 1. The Labute approximate surface area is 249 Å². The Morgan fingerprint density at radius 2 is 1.60 bits per heavy atom. The summed E-state index contributed by atoms with van der Waals surface area (Å²) >= 11 is 6.46.